The zero-order valence-corrected chi connectivity index (χ0v) is 11.1. The van der Waals surface area contributed by atoms with Crippen LogP contribution in [0.1, 0.15) is 12.2 Å². The third-order valence-electron chi connectivity index (χ3n) is 2.61. The van der Waals surface area contributed by atoms with E-state index in [0.29, 0.717) is 13.2 Å². The second kappa shape index (κ2) is 7.43. The molecule has 1 aromatic carbocycles. The van der Waals surface area contributed by atoms with E-state index in [0.717, 1.165) is 30.3 Å². The van der Waals surface area contributed by atoms with Gasteiger partial charge in [0.25, 0.3) is 0 Å². The fraction of sp³-hybridized carbons (Fsp3) is 0.357. The minimum atomic E-state index is 0.662. The molecule has 5 heteroatoms. The number of hydrogen-bond donors (Lipinski definition) is 2. The van der Waals surface area contributed by atoms with Gasteiger partial charge >= 0.3 is 0 Å². The second-order valence-electron chi connectivity index (χ2n) is 4.11. The van der Waals surface area contributed by atoms with E-state index in [2.05, 4.69) is 15.3 Å². The molecule has 2 N–H and O–H groups in total. The Morgan fingerprint density at radius 2 is 2.26 bits per heavy atom. The lowest BCUT2D eigenvalue weighted by Gasteiger charge is -2.09. The van der Waals surface area contributed by atoms with Gasteiger partial charge < -0.3 is 19.8 Å². The van der Waals surface area contributed by atoms with Crippen LogP contribution in [-0.2, 0) is 11.3 Å². The number of imidazole rings is 1. The first-order valence-electron chi connectivity index (χ1n) is 6.32. The quantitative estimate of drug-likeness (QED) is 0.717. The molecule has 0 fully saturated rings. The first-order valence-corrected chi connectivity index (χ1v) is 6.32. The molecule has 0 aliphatic heterocycles. The second-order valence-corrected chi connectivity index (χ2v) is 4.11. The molecule has 5 nitrogen and oxygen atoms in total. The molecule has 0 saturated carbocycles. The highest BCUT2D eigenvalue weighted by Gasteiger charge is 1.98. The highest BCUT2D eigenvalue weighted by Crippen LogP contribution is 2.17. The molecule has 1 heterocycles. The summed E-state index contributed by atoms with van der Waals surface area (Å²) in [7, 11) is 1.69. The van der Waals surface area contributed by atoms with Gasteiger partial charge in [-0.05, 0) is 12.1 Å². The Morgan fingerprint density at radius 3 is 3.05 bits per heavy atom. The lowest BCUT2D eigenvalue weighted by molar-refractivity contribution is 0.172. The number of benzene rings is 1. The van der Waals surface area contributed by atoms with E-state index in [-0.39, 0.29) is 0 Å². The van der Waals surface area contributed by atoms with Gasteiger partial charge in [0.05, 0.1) is 13.2 Å². The van der Waals surface area contributed by atoms with Crippen LogP contribution in [0.5, 0.6) is 5.75 Å². The number of ether oxygens (including phenoxy) is 2. The number of hydrogen-bond acceptors (Lipinski definition) is 4. The Morgan fingerprint density at radius 1 is 1.32 bits per heavy atom. The van der Waals surface area contributed by atoms with Crippen LogP contribution in [0.3, 0.4) is 0 Å². The van der Waals surface area contributed by atoms with Gasteiger partial charge in [0, 0.05) is 44.3 Å². The van der Waals surface area contributed by atoms with Crippen molar-refractivity contribution in [3.05, 3.63) is 42.5 Å². The third-order valence-corrected chi connectivity index (χ3v) is 2.61. The van der Waals surface area contributed by atoms with Crippen LogP contribution in [0.25, 0.3) is 0 Å². The number of nitrogens with one attached hydrogen (secondary N) is 2. The predicted molar refractivity (Wildman–Crippen MR) is 74.3 cm³/mol. The number of nitrogens with zero attached hydrogens (tertiary/aromatic N) is 1. The van der Waals surface area contributed by atoms with Crippen molar-refractivity contribution >= 4 is 5.69 Å². The fourth-order valence-corrected chi connectivity index (χ4v) is 1.67. The normalized spacial score (nSPS) is 10.4. The Hall–Kier alpha value is -2.01. The number of aromatic nitrogens is 2. The molecule has 19 heavy (non-hydrogen) atoms. The smallest absolute Gasteiger partial charge is 0.125 e. The summed E-state index contributed by atoms with van der Waals surface area (Å²) in [5.74, 6) is 1.77. The molecule has 0 unspecified atom stereocenters. The molecule has 2 aromatic rings. The predicted octanol–water partition coefficient (Wildman–Crippen LogP) is 2.44. The van der Waals surface area contributed by atoms with Crippen molar-refractivity contribution in [3.8, 4) is 5.75 Å². The number of aromatic amines is 1. The molecule has 1 aromatic heterocycles. The zero-order valence-electron chi connectivity index (χ0n) is 11.1. The van der Waals surface area contributed by atoms with Crippen molar-refractivity contribution in [2.75, 3.05) is 25.6 Å². The largest absolute Gasteiger partial charge is 0.493 e. The first kappa shape index (κ1) is 13.4. The molecule has 0 spiro atoms. The first-order chi connectivity index (χ1) is 9.38. The van der Waals surface area contributed by atoms with Crippen LogP contribution in [-0.4, -0.2) is 30.3 Å². The van der Waals surface area contributed by atoms with Crippen molar-refractivity contribution in [2.45, 2.75) is 13.0 Å². The van der Waals surface area contributed by atoms with Crippen LogP contribution in [0.15, 0.2) is 36.7 Å². The molecular weight excluding hydrogens is 242 g/mol. The van der Waals surface area contributed by atoms with Crippen molar-refractivity contribution in [1.29, 1.82) is 0 Å². The van der Waals surface area contributed by atoms with Gasteiger partial charge in [-0.15, -0.1) is 0 Å². The fourth-order valence-electron chi connectivity index (χ4n) is 1.67. The average molecular weight is 261 g/mol. The molecule has 0 aliphatic carbocycles. The van der Waals surface area contributed by atoms with E-state index >= 15 is 0 Å². The number of H-pyrrole nitrogens is 1. The van der Waals surface area contributed by atoms with Gasteiger partial charge in [0.15, 0.2) is 0 Å². The summed E-state index contributed by atoms with van der Waals surface area (Å²) in [4.78, 5) is 7.21. The van der Waals surface area contributed by atoms with Crippen molar-refractivity contribution in [2.24, 2.45) is 0 Å². The van der Waals surface area contributed by atoms with Gasteiger partial charge in [-0.1, -0.05) is 6.07 Å². The molecule has 2 rings (SSSR count). The maximum atomic E-state index is 5.64. The summed E-state index contributed by atoms with van der Waals surface area (Å²) in [6.45, 7) is 2.05. The van der Waals surface area contributed by atoms with Gasteiger partial charge in [0.2, 0.25) is 0 Å². The number of methoxy groups -OCH3 is 1. The average Bonchev–Trinajstić information content (AvgIpc) is 2.95. The van der Waals surface area contributed by atoms with Crippen LogP contribution < -0.4 is 10.1 Å². The van der Waals surface area contributed by atoms with Crippen molar-refractivity contribution in [1.82, 2.24) is 9.97 Å². The molecule has 102 valence electrons. The minimum absolute atomic E-state index is 0.662. The van der Waals surface area contributed by atoms with Crippen molar-refractivity contribution in [3.63, 3.8) is 0 Å². The Kier molecular flexibility index (Phi) is 5.25. The maximum absolute atomic E-state index is 5.64. The van der Waals surface area contributed by atoms with Gasteiger partial charge in [-0.25, -0.2) is 4.98 Å². The SMILES string of the molecule is COCCCOc1cccc(NCc2ncc[nH]2)c1. The summed E-state index contributed by atoms with van der Waals surface area (Å²) in [5, 5.41) is 3.29. The van der Waals surface area contributed by atoms with E-state index in [1.165, 1.54) is 0 Å². The lowest BCUT2D eigenvalue weighted by atomic mass is 10.3. The Labute approximate surface area is 113 Å². The summed E-state index contributed by atoms with van der Waals surface area (Å²) in [6.07, 6.45) is 4.44. The van der Waals surface area contributed by atoms with Gasteiger partial charge in [0.1, 0.15) is 11.6 Å². The Bertz CT molecular complexity index is 471. The molecule has 0 amide bonds. The zero-order chi connectivity index (χ0) is 13.3. The van der Waals surface area contributed by atoms with Gasteiger partial charge in [-0.2, -0.15) is 0 Å². The summed E-state index contributed by atoms with van der Waals surface area (Å²) in [6, 6.07) is 7.90. The standard InChI is InChI=1S/C14H19N3O2/c1-18-8-3-9-19-13-5-2-4-12(10-13)17-11-14-15-6-7-16-14/h2,4-7,10,17H,3,8-9,11H2,1H3,(H,15,16). The van der Waals surface area contributed by atoms with Crippen molar-refractivity contribution < 1.29 is 9.47 Å². The van der Waals surface area contributed by atoms with Gasteiger partial charge in [-0.3, -0.25) is 0 Å². The van der Waals surface area contributed by atoms with Crippen LogP contribution in [0.2, 0.25) is 0 Å². The van der Waals surface area contributed by atoms with Crippen LogP contribution in [0, 0.1) is 0 Å². The molecule has 0 saturated heterocycles. The molecule has 0 radical (unpaired) electrons. The molecule has 0 aliphatic rings. The van der Waals surface area contributed by atoms with E-state index in [1.807, 2.05) is 30.5 Å². The highest BCUT2D eigenvalue weighted by molar-refractivity contribution is 5.48. The van der Waals surface area contributed by atoms with E-state index in [9.17, 15) is 0 Å². The van der Waals surface area contributed by atoms with E-state index in [1.54, 1.807) is 13.3 Å². The lowest BCUT2D eigenvalue weighted by Crippen LogP contribution is -2.03. The van der Waals surface area contributed by atoms with Crippen LogP contribution >= 0.6 is 0 Å². The number of rotatable bonds is 8. The Balaban J connectivity index is 1.81. The summed E-state index contributed by atoms with van der Waals surface area (Å²) < 4.78 is 10.6. The molecule has 0 bridgehead atoms. The van der Waals surface area contributed by atoms with E-state index < -0.39 is 0 Å². The minimum Gasteiger partial charge on any atom is -0.493 e. The summed E-state index contributed by atoms with van der Waals surface area (Å²) >= 11 is 0. The van der Waals surface area contributed by atoms with E-state index in [4.69, 9.17) is 9.47 Å². The topological polar surface area (TPSA) is 59.2 Å². The maximum Gasteiger partial charge on any atom is 0.125 e. The summed E-state index contributed by atoms with van der Waals surface area (Å²) in [5.41, 5.74) is 1.01. The number of anilines is 1. The monoisotopic (exact) mass is 261 g/mol. The highest BCUT2D eigenvalue weighted by atomic mass is 16.5. The molecule has 0 atom stereocenters. The molecular formula is C14H19N3O2. The van der Waals surface area contributed by atoms with Crippen LogP contribution in [0.4, 0.5) is 5.69 Å². The third kappa shape index (κ3) is 4.63.